The third-order valence-corrected chi connectivity index (χ3v) is 7.77. The first kappa shape index (κ1) is 26.7. The fourth-order valence-corrected chi connectivity index (χ4v) is 5.96. The van der Waals surface area contributed by atoms with Crippen molar-refractivity contribution in [2.75, 3.05) is 50.2 Å². The Hall–Kier alpha value is -2.88. The van der Waals surface area contributed by atoms with Gasteiger partial charge in [-0.15, -0.1) is 0 Å². The van der Waals surface area contributed by atoms with Crippen LogP contribution >= 0.6 is 0 Å². The van der Waals surface area contributed by atoms with E-state index in [9.17, 15) is 13.9 Å². The Kier molecular flexibility index (Phi) is 7.53. The minimum absolute atomic E-state index is 0.0145. The summed E-state index contributed by atoms with van der Waals surface area (Å²) in [6.07, 6.45) is 3.08. The molecule has 1 aliphatic heterocycles. The number of nitrogens with one attached hydrogen (secondary N) is 1. The van der Waals surface area contributed by atoms with Crippen LogP contribution in [0.25, 0.3) is 10.9 Å². The molecule has 9 heteroatoms. The number of aliphatic hydroxyl groups is 1. The maximum atomic E-state index is 14.4. The van der Waals surface area contributed by atoms with Crippen molar-refractivity contribution in [1.29, 1.82) is 0 Å². The number of nitrogens with zero attached hydrogens (tertiary/aromatic N) is 3. The Balaban J connectivity index is 1.56. The van der Waals surface area contributed by atoms with Crippen molar-refractivity contribution >= 4 is 22.4 Å². The fraction of sp³-hybridized carbons (Fsp3) is 0.517. The predicted octanol–water partition coefficient (Wildman–Crippen LogP) is 4.84. The van der Waals surface area contributed by atoms with Gasteiger partial charge in [0.2, 0.25) is 0 Å². The molecule has 1 aromatic heterocycles. The van der Waals surface area contributed by atoms with Crippen molar-refractivity contribution in [3.8, 4) is 0 Å². The maximum Gasteiger partial charge on any atom is 0.296 e. The van der Waals surface area contributed by atoms with Crippen molar-refractivity contribution in [3.63, 3.8) is 0 Å². The highest BCUT2D eigenvalue weighted by atomic mass is 19.3. The monoisotopic (exact) mass is 526 g/mol. The molecule has 1 aliphatic carbocycles. The summed E-state index contributed by atoms with van der Waals surface area (Å²) in [7, 11) is 1.69. The number of hydrogen-bond donors (Lipinski definition) is 2. The number of fused-ring (bicyclic) bond motifs is 3. The zero-order chi connectivity index (χ0) is 27.0. The second-order valence-electron chi connectivity index (χ2n) is 10.4. The highest BCUT2D eigenvalue weighted by Crippen LogP contribution is 2.40. The number of hydrogen-bond acceptors (Lipinski definition) is 7. The van der Waals surface area contributed by atoms with Gasteiger partial charge in [0.1, 0.15) is 18.2 Å². The Bertz CT molecular complexity index is 1330. The van der Waals surface area contributed by atoms with E-state index in [0.29, 0.717) is 30.4 Å². The molecule has 0 spiro atoms. The number of aromatic nitrogens is 2. The first-order valence-electron chi connectivity index (χ1n) is 13.3. The van der Waals surface area contributed by atoms with E-state index < -0.39 is 12.5 Å². The lowest BCUT2D eigenvalue weighted by Crippen LogP contribution is -2.44. The molecule has 38 heavy (non-hydrogen) atoms. The average Bonchev–Trinajstić information content (AvgIpc) is 3.39. The molecule has 2 heterocycles. The summed E-state index contributed by atoms with van der Waals surface area (Å²) < 4.78 is 40.0. The molecule has 204 valence electrons. The molecular weight excluding hydrogens is 490 g/mol. The first-order valence-corrected chi connectivity index (χ1v) is 13.3. The van der Waals surface area contributed by atoms with Crippen LogP contribution in [0, 0.1) is 13.8 Å². The summed E-state index contributed by atoms with van der Waals surface area (Å²) >= 11 is 0. The van der Waals surface area contributed by atoms with Crippen molar-refractivity contribution in [1.82, 2.24) is 9.97 Å². The van der Waals surface area contributed by atoms with Crippen molar-refractivity contribution in [2.45, 2.75) is 58.1 Å². The summed E-state index contributed by atoms with van der Waals surface area (Å²) in [5, 5.41) is 13.7. The summed E-state index contributed by atoms with van der Waals surface area (Å²) in [5.41, 5.74) is 5.81. The molecule has 5 rings (SSSR count). The van der Waals surface area contributed by atoms with Crippen LogP contribution in [0.3, 0.4) is 0 Å². The molecule has 2 atom stereocenters. The summed E-state index contributed by atoms with van der Waals surface area (Å²) in [5.74, 6) is -1.94. The molecule has 0 bridgehead atoms. The largest absolute Gasteiger partial charge is 0.390 e. The van der Waals surface area contributed by atoms with Gasteiger partial charge in [-0.25, -0.2) is 9.97 Å². The lowest BCUT2D eigenvalue weighted by Gasteiger charge is -2.35. The van der Waals surface area contributed by atoms with Crippen LogP contribution in [-0.4, -0.2) is 61.2 Å². The van der Waals surface area contributed by atoms with Gasteiger partial charge in [-0.1, -0.05) is 18.2 Å². The fourth-order valence-electron chi connectivity index (χ4n) is 5.96. The van der Waals surface area contributed by atoms with E-state index in [1.165, 1.54) is 22.9 Å². The lowest BCUT2D eigenvalue weighted by atomic mass is 9.94. The number of anilines is 2. The van der Waals surface area contributed by atoms with Crippen molar-refractivity contribution in [2.24, 2.45) is 0 Å². The Labute approximate surface area is 222 Å². The first-order chi connectivity index (χ1) is 18.2. The van der Waals surface area contributed by atoms with Crippen LogP contribution in [0.4, 0.5) is 20.3 Å². The van der Waals surface area contributed by atoms with E-state index in [2.05, 4.69) is 16.3 Å². The number of aryl methyl sites for hydroxylation is 2. The maximum absolute atomic E-state index is 14.4. The summed E-state index contributed by atoms with van der Waals surface area (Å²) in [6, 6.07) is 6.72. The van der Waals surface area contributed by atoms with Crippen LogP contribution in [0.5, 0.6) is 0 Å². The molecular formula is C29H36F2N4O3. The Morgan fingerprint density at radius 1 is 1.24 bits per heavy atom. The van der Waals surface area contributed by atoms with Crippen LogP contribution in [0.1, 0.15) is 53.0 Å². The normalized spacial score (nSPS) is 18.6. The van der Waals surface area contributed by atoms with Gasteiger partial charge in [0.25, 0.3) is 5.92 Å². The third-order valence-electron chi connectivity index (χ3n) is 7.77. The zero-order valence-corrected chi connectivity index (χ0v) is 22.5. The van der Waals surface area contributed by atoms with E-state index >= 15 is 0 Å². The van der Waals surface area contributed by atoms with Crippen molar-refractivity contribution in [3.05, 3.63) is 57.9 Å². The van der Waals surface area contributed by atoms with Gasteiger partial charge in [-0.05, 0) is 68.4 Å². The highest BCUT2D eigenvalue weighted by Gasteiger charge is 2.33. The van der Waals surface area contributed by atoms with Gasteiger partial charge in [-0.2, -0.15) is 8.78 Å². The van der Waals surface area contributed by atoms with E-state index in [-0.39, 0.29) is 17.7 Å². The number of morpholine rings is 1. The number of ether oxygens (including phenoxy) is 2. The van der Waals surface area contributed by atoms with Crippen LogP contribution in [0.15, 0.2) is 24.3 Å². The molecule has 3 aromatic rings. The van der Waals surface area contributed by atoms with Crippen LogP contribution < -0.4 is 10.2 Å². The standard InChI is InChI=1S/C29H36F2N4O3/c1-17-21(7-6-10-25(17)29(30,31)16-36)18(2)32-28-24-13-26(35-11-12-38-20(14-35)15-37-4)22-8-5-9-23(22)27(24)33-19(3)34-28/h6-7,10,13,18,20,36H,5,8-9,11-12,14-16H2,1-4H3,(H,32,33,34)/t18-,20?/m0/s1. The topological polar surface area (TPSA) is 79.7 Å². The second kappa shape index (κ2) is 10.7. The smallest absolute Gasteiger partial charge is 0.296 e. The average molecular weight is 527 g/mol. The lowest BCUT2D eigenvalue weighted by molar-refractivity contribution is -0.0561. The van der Waals surface area contributed by atoms with Gasteiger partial charge in [0.15, 0.2) is 0 Å². The second-order valence-corrected chi connectivity index (χ2v) is 10.4. The van der Waals surface area contributed by atoms with Gasteiger partial charge >= 0.3 is 0 Å². The number of benzene rings is 2. The Morgan fingerprint density at radius 2 is 2.03 bits per heavy atom. The molecule has 0 radical (unpaired) electrons. The molecule has 2 aliphatic rings. The summed E-state index contributed by atoms with van der Waals surface area (Å²) in [4.78, 5) is 12.0. The Morgan fingerprint density at radius 3 is 2.79 bits per heavy atom. The highest BCUT2D eigenvalue weighted by molar-refractivity contribution is 5.96. The van der Waals surface area contributed by atoms with E-state index in [4.69, 9.17) is 19.4 Å². The molecule has 0 amide bonds. The zero-order valence-electron chi connectivity index (χ0n) is 22.5. The number of alkyl halides is 2. The molecule has 0 saturated carbocycles. The van der Waals surface area contributed by atoms with Gasteiger partial charge in [0.05, 0.1) is 30.9 Å². The van der Waals surface area contributed by atoms with Crippen LogP contribution in [-0.2, 0) is 28.2 Å². The predicted molar refractivity (Wildman–Crippen MR) is 144 cm³/mol. The van der Waals surface area contributed by atoms with Gasteiger partial charge in [-0.3, -0.25) is 0 Å². The third kappa shape index (κ3) is 4.95. The molecule has 2 aromatic carbocycles. The minimum atomic E-state index is -3.30. The van der Waals surface area contributed by atoms with E-state index in [1.807, 2.05) is 19.9 Å². The quantitative estimate of drug-likeness (QED) is 0.435. The molecule has 1 fully saturated rings. The van der Waals surface area contributed by atoms with Crippen molar-refractivity contribution < 1.29 is 23.4 Å². The molecule has 7 nitrogen and oxygen atoms in total. The van der Waals surface area contributed by atoms with E-state index in [0.717, 1.165) is 48.8 Å². The SMILES string of the molecule is COCC1CN(c2cc3c(N[C@@H](C)c4cccc(C(F)(F)CO)c4C)nc(C)nc3c3c2CCC3)CCO1. The van der Waals surface area contributed by atoms with Gasteiger partial charge < -0.3 is 24.8 Å². The van der Waals surface area contributed by atoms with Gasteiger partial charge in [0, 0.05) is 36.8 Å². The number of aliphatic hydroxyl groups excluding tert-OH is 1. The number of methoxy groups -OCH3 is 1. The molecule has 2 N–H and O–H groups in total. The minimum Gasteiger partial charge on any atom is -0.390 e. The molecule has 1 saturated heterocycles. The molecule has 1 unspecified atom stereocenters. The number of rotatable bonds is 8. The van der Waals surface area contributed by atoms with Crippen LogP contribution in [0.2, 0.25) is 0 Å². The number of halogens is 2. The summed E-state index contributed by atoms with van der Waals surface area (Å²) in [6.45, 7) is 7.02. The van der Waals surface area contributed by atoms with E-state index in [1.54, 1.807) is 20.1 Å².